The van der Waals surface area contributed by atoms with E-state index in [1.54, 1.807) is 0 Å². The van der Waals surface area contributed by atoms with E-state index in [1.165, 1.54) is 6.07 Å². The monoisotopic (exact) mass is 326 g/mol. The van der Waals surface area contributed by atoms with Crippen LogP contribution in [0.3, 0.4) is 0 Å². The first-order valence-corrected chi connectivity index (χ1v) is 10.7. The van der Waals surface area contributed by atoms with Crippen LogP contribution in [0.25, 0.3) is 10.8 Å². The predicted molar refractivity (Wildman–Crippen MR) is 102 cm³/mol. The Morgan fingerprint density at radius 2 is 1.39 bits per heavy atom. The Morgan fingerprint density at radius 1 is 0.826 bits per heavy atom. The molecule has 2 rings (SSSR count). The summed E-state index contributed by atoms with van der Waals surface area (Å²) in [4.78, 5) is 0. The number of hydrogen-bond acceptors (Lipinski definition) is 0. The smallest absolute Gasteiger partial charge is 0.146 e. The molecule has 0 spiro atoms. The second-order valence-electron chi connectivity index (χ2n) is 7.29. The molecule has 0 nitrogen and oxygen atoms in total. The Balaban J connectivity index is 2.67. The molecule has 0 aliphatic rings. The minimum Gasteiger partial charge on any atom is -0.206 e. The summed E-state index contributed by atoms with van der Waals surface area (Å²) < 4.78 is 14.4. The van der Waals surface area contributed by atoms with E-state index in [-0.39, 0.29) is 5.82 Å². The van der Waals surface area contributed by atoms with Crippen molar-refractivity contribution in [2.24, 2.45) is 0 Å². The van der Waals surface area contributed by atoms with Gasteiger partial charge in [-0.25, -0.2) is 4.39 Å². The molecule has 2 heteroatoms. The molecule has 0 aromatic heterocycles. The largest absolute Gasteiger partial charge is 0.206 e. The van der Waals surface area contributed by atoms with E-state index in [2.05, 4.69) is 53.0 Å². The zero-order valence-electron chi connectivity index (χ0n) is 15.1. The van der Waals surface area contributed by atoms with Crippen LogP contribution in [0.4, 0.5) is 4.39 Å². The van der Waals surface area contributed by atoms with Gasteiger partial charge in [-0.15, -0.1) is 5.54 Å². The van der Waals surface area contributed by atoms with Crippen LogP contribution in [0.2, 0.25) is 16.6 Å². The van der Waals surface area contributed by atoms with Crippen LogP contribution in [0.1, 0.15) is 47.1 Å². The lowest BCUT2D eigenvalue weighted by Crippen LogP contribution is -2.43. The number of halogens is 1. The SMILES string of the molecule is CC(C)[Si](C#Cc1c(F)ccc2ccccc12)(C(C)C)C(C)C. The van der Waals surface area contributed by atoms with Crippen LogP contribution in [-0.2, 0) is 0 Å². The Bertz CT molecular complexity index is 725. The van der Waals surface area contributed by atoms with Gasteiger partial charge in [-0.3, -0.25) is 0 Å². The van der Waals surface area contributed by atoms with E-state index in [4.69, 9.17) is 0 Å². The molecule has 0 amide bonds. The molecular formula is C21H27FSi. The first-order chi connectivity index (χ1) is 10.8. The molecule has 0 saturated carbocycles. The van der Waals surface area contributed by atoms with Gasteiger partial charge in [0.1, 0.15) is 13.9 Å². The van der Waals surface area contributed by atoms with Crippen molar-refractivity contribution in [2.75, 3.05) is 0 Å². The summed E-state index contributed by atoms with van der Waals surface area (Å²) in [7, 11) is -1.85. The van der Waals surface area contributed by atoms with Gasteiger partial charge < -0.3 is 0 Å². The molecular weight excluding hydrogens is 299 g/mol. The van der Waals surface area contributed by atoms with Gasteiger partial charge in [0.2, 0.25) is 0 Å². The third kappa shape index (κ3) is 3.21. The van der Waals surface area contributed by atoms with Crippen molar-refractivity contribution < 1.29 is 4.39 Å². The van der Waals surface area contributed by atoms with Gasteiger partial charge in [0, 0.05) is 5.39 Å². The Kier molecular flexibility index (Phi) is 5.32. The Labute approximate surface area is 141 Å². The summed E-state index contributed by atoms with van der Waals surface area (Å²) in [5, 5.41) is 1.96. The van der Waals surface area contributed by atoms with Crippen molar-refractivity contribution in [1.82, 2.24) is 0 Å². The average molecular weight is 327 g/mol. The molecule has 0 bridgehead atoms. The van der Waals surface area contributed by atoms with Crippen LogP contribution in [0, 0.1) is 17.3 Å². The predicted octanol–water partition coefficient (Wildman–Crippen LogP) is 6.55. The van der Waals surface area contributed by atoms with E-state index in [9.17, 15) is 4.39 Å². The number of benzene rings is 2. The highest BCUT2D eigenvalue weighted by atomic mass is 28.3. The van der Waals surface area contributed by atoms with Crippen LogP contribution >= 0.6 is 0 Å². The molecule has 0 aliphatic carbocycles. The Morgan fingerprint density at radius 3 is 1.96 bits per heavy atom. The normalized spacial score (nSPS) is 12.1. The van der Waals surface area contributed by atoms with Crippen molar-refractivity contribution in [1.29, 1.82) is 0 Å². The lowest BCUT2D eigenvalue weighted by molar-refractivity contribution is 0.626. The highest BCUT2D eigenvalue weighted by Crippen LogP contribution is 2.40. The fourth-order valence-corrected chi connectivity index (χ4v) is 9.18. The molecule has 2 aromatic rings. The second kappa shape index (κ2) is 6.89. The molecule has 0 heterocycles. The average Bonchev–Trinajstić information content (AvgIpc) is 2.48. The van der Waals surface area contributed by atoms with E-state index in [0.29, 0.717) is 22.2 Å². The molecule has 2 aromatic carbocycles. The van der Waals surface area contributed by atoms with E-state index in [0.717, 1.165) is 10.8 Å². The highest BCUT2D eigenvalue weighted by molar-refractivity contribution is 6.90. The van der Waals surface area contributed by atoms with E-state index < -0.39 is 8.07 Å². The maximum Gasteiger partial charge on any atom is 0.146 e. The van der Waals surface area contributed by atoms with E-state index >= 15 is 0 Å². The lowest BCUT2D eigenvalue weighted by atomic mass is 10.0. The molecule has 122 valence electrons. The minimum atomic E-state index is -1.85. The van der Waals surface area contributed by atoms with Crippen LogP contribution in [0.15, 0.2) is 36.4 Å². The minimum absolute atomic E-state index is 0.213. The molecule has 0 N–H and O–H groups in total. The lowest BCUT2D eigenvalue weighted by Gasteiger charge is -2.38. The van der Waals surface area contributed by atoms with Crippen molar-refractivity contribution in [3.05, 3.63) is 47.8 Å². The second-order valence-corrected chi connectivity index (χ2v) is 12.9. The van der Waals surface area contributed by atoms with Gasteiger partial charge in [0.05, 0.1) is 5.56 Å². The van der Waals surface area contributed by atoms with Gasteiger partial charge in [0.15, 0.2) is 0 Å². The molecule has 0 aliphatic heterocycles. The van der Waals surface area contributed by atoms with Crippen molar-refractivity contribution in [3.63, 3.8) is 0 Å². The fourth-order valence-electron chi connectivity index (χ4n) is 3.98. The summed E-state index contributed by atoms with van der Waals surface area (Å²) in [5.74, 6) is 3.06. The summed E-state index contributed by atoms with van der Waals surface area (Å²) in [5.41, 5.74) is 5.83. The van der Waals surface area contributed by atoms with Crippen molar-refractivity contribution in [2.45, 2.75) is 58.2 Å². The first-order valence-electron chi connectivity index (χ1n) is 8.51. The van der Waals surface area contributed by atoms with Crippen LogP contribution in [-0.4, -0.2) is 8.07 Å². The first kappa shape index (κ1) is 17.8. The standard InChI is InChI=1S/C21H27FSi/c1-15(2)23(16(3)4,17(5)6)14-13-20-19-10-8-7-9-18(19)11-12-21(20)22/h7-12,15-17H,1-6H3. The summed E-state index contributed by atoms with van der Waals surface area (Å²) in [6.07, 6.45) is 0. The maximum atomic E-state index is 14.4. The molecule has 0 saturated heterocycles. The van der Waals surface area contributed by atoms with Crippen LogP contribution in [0.5, 0.6) is 0 Å². The molecule has 0 atom stereocenters. The quantitative estimate of drug-likeness (QED) is 0.443. The van der Waals surface area contributed by atoms with Gasteiger partial charge in [-0.1, -0.05) is 77.8 Å². The topological polar surface area (TPSA) is 0 Å². The van der Waals surface area contributed by atoms with E-state index in [1.807, 2.05) is 30.3 Å². The molecule has 0 fully saturated rings. The van der Waals surface area contributed by atoms with Crippen molar-refractivity contribution in [3.8, 4) is 11.5 Å². The zero-order valence-corrected chi connectivity index (χ0v) is 16.1. The number of hydrogen-bond donors (Lipinski definition) is 0. The number of rotatable bonds is 3. The molecule has 0 radical (unpaired) electrons. The fraction of sp³-hybridized carbons (Fsp3) is 0.429. The maximum absolute atomic E-state index is 14.4. The summed E-state index contributed by atoms with van der Waals surface area (Å²) >= 11 is 0. The zero-order chi connectivity index (χ0) is 17.2. The van der Waals surface area contributed by atoms with Gasteiger partial charge in [0.25, 0.3) is 0 Å². The summed E-state index contributed by atoms with van der Waals surface area (Å²) in [6, 6.07) is 11.3. The third-order valence-electron chi connectivity index (χ3n) is 5.15. The third-order valence-corrected chi connectivity index (χ3v) is 11.4. The highest BCUT2D eigenvalue weighted by Gasteiger charge is 2.41. The van der Waals surface area contributed by atoms with Gasteiger partial charge >= 0.3 is 0 Å². The molecule has 0 unspecified atom stereocenters. The summed E-state index contributed by atoms with van der Waals surface area (Å²) in [6.45, 7) is 13.7. The van der Waals surface area contributed by atoms with Crippen LogP contribution < -0.4 is 0 Å². The van der Waals surface area contributed by atoms with Crippen molar-refractivity contribution >= 4 is 18.8 Å². The van der Waals surface area contributed by atoms with Gasteiger partial charge in [-0.05, 0) is 28.1 Å². The number of fused-ring (bicyclic) bond motifs is 1. The molecule has 23 heavy (non-hydrogen) atoms. The Hall–Kier alpha value is -1.59. The van der Waals surface area contributed by atoms with Gasteiger partial charge in [-0.2, -0.15) is 0 Å².